The van der Waals surface area contributed by atoms with Crippen LogP contribution in [0.4, 0.5) is 0 Å². The van der Waals surface area contributed by atoms with Gasteiger partial charge in [-0.15, -0.1) is 0 Å². The summed E-state index contributed by atoms with van der Waals surface area (Å²) in [4.78, 5) is 4.31. The lowest BCUT2D eigenvalue weighted by Gasteiger charge is -2.05. The molecule has 0 aliphatic carbocycles. The summed E-state index contributed by atoms with van der Waals surface area (Å²) in [7, 11) is 1.57. The molecule has 0 aliphatic heterocycles. The van der Waals surface area contributed by atoms with Crippen molar-refractivity contribution in [3.05, 3.63) is 29.1 Å². The smallest absolute Gasteiger partial charge is 0.243 e. The number of hydrogen-bond donors (Lipinski definition) is 1. The van der Waals surface area contributed by atoms with Gasteiger partial charge in [0.05, 0.1) is 18.7 Å². The highest BCUT2D eigenvalue weighted by molar-refractivity contribution is 6.30. The minimum atomic E-state index is -0.232. The molecule has 0 bridgehead atoms. The van der Waals surface area contributed by atoms with Crippen LogP contribution in [-0.4, -0.2) is 17.3 Å². The van der Waals surface area contributed by atoms with E-state index in [1.165, 1.54) is 0 Å². The van der Waals surface area contributed by atoms with Crippen LogP contribution in [0, 0.1) is 0 Å². The van der Waals surface area contributed by atoms with Crippen LogP contribution in [0.15, 0.2) is 22.7 Å². The summed E-state index contributed by atoms with van der Waals surface area (Å²) in [6, 6.07) is 5.02. The fourth-order valence-electron chi connectivity index (χ4n) is 1.78. The summed E-state index contributed by atoms with van der Waals surface area (Å²) in [5, 5.41) is 4.53. The summed E-state index contributed by atoms with van der Waals surface area (Å²) in [6.07, 6.45) is 1.77. The van der Waals surface area contributed by atoms with Crippen molar-refractivity contribution in [2.75, 3.05) is 7.11 Å². The summed E-state index contributed by atoms with van der Waals surface area (Å²) in [6.45, 7) is 2.05. The molecule has 0 fully saturated rings. The highest BCUT2D eigenvalue weighted by Crippen LogP contribution is 2.31. The Morgan fingerprint density at radius 3 is 2.95 bits per heavy atom. The van der Waals surface area contributed by atoms with E-state index in [4.69, 9.17) is 26.6 Å². The molecular formula is C13H16ClN3O2. The molecule has 1 aromatic carbocycles. The number of aromatic nitrogens is 2. The number of halogens is 1. The summed E-state index contributed by atoms with van der Waals surface area (Å²) in [5.74, 6) is 1.49. The number of nitrogens with two attached hydrogens (primary N) is 1. The number of benzene rings is 1. The number of hydrogen-bond acceptors (Lipinski definition) is 5. The Hall–Kier alpha value is -1.59. The van der Waals surface area contributed by atoms with E-state index in [1.54, 1.807) is 25.3 Å². The molecular weight excluding hydrogens is 266 g/mol. The topological polar surface area (TPSA) is 74.2 Å². The molecule has 1 aromatic heterocycles. The van der Waals surface area contributed by atoms with Crippen LogP contribution in [0.25, 0.3) is 11.4 Å². The predicted octanol–water partition coefficient (Wildman–Crippen LogP) is 3.20. The quantitative estimate of drug-likeness (QED) is 0.911. The molecule has 0 saturated heterocycles. The van der Waals surface area contributed by atoms with Crippen molar-refractivity contribution < 1.29 is 9.26 Å². The Morgan fingerprint density at radius 1 is 1.47 bits per heavy atom. The molecule has 102 valence electrons. The van der Waals surface area contributed by atoms with E-state index in [-0.39, 0.29) is 6.04 Å². The molecule has 6 heteroatoms. The maximum atomic E-state index is 5.94. The summed E-state index contributed by atoms with van der Waals surface area (Å²) < 4.78 is 10.4. The lowest BCUT2D eigenvalue weighted by Crippen LogP contribution is -2.09. The van der Waals surface area contributed by atoms with Crippen molar-refractivity contribution in [2.45, 2.75) is 25.8 Å². The minimum Gasteiger partial charge on any atom is -0.496 e. The predicted molar refractivity (Wildman–Crippen MR) is 73.1 cm³/mol. The lowest BCUT2D eigenvalue weighted by molar-refractivity contribution is 0.348. The second-order valence-electron chi connectivity index (χ2n) is 4.20. The highest BCUT2D eigenvalue weighted by atomic mass is 35.5. The molecule has 1 heterocycles. The first-order valence-electron chi connectivity index (χ1n) is 6.08. The largest absolute Gasteiger partial charge is 0.496 e. The van der Waals surface area contributed by atoms with E-state index in [0.29, 0.717) is 22.5 Å². The van der Waals surface area contributed by atoms with E-state index in [2.05, 4.69) is 17.1 Å². The van der Waals surface area contributed by atoms with Crippen LogP contribution in [0.2, 0.25) is 5.02 Å². The van der Waals surface area contributed by atoms with E-state index in [0.717, 1.165) is 18.4 Å². The molecule has 0 spiro atoms. The monoisotopic (exact) mass is 281 g/mol. The van der Waals surface area contributed by atoms with Crippen molar-refractivity contribution in [3.63, 3.8) is 0 Å². The second-order valence-corrected chi connectivity index (χ2v) is 4.63. The third kappa shape index (κ3) is 3.05. The zero-order chi connectivity index (χ0) is 13.8. The maximum absolute atomic E-state index is 5.94. The fourth-order valence-corrected chi connectivity index (χ4v) is 1.94. The lowest BCUT2D eigenvalue weighted by atomic mass is 10.1. The van der Waals surface area contributed by atoms with Gasteiger partial charge < -0.3 is 15.0 Å². The van der Waals surface area contributed by atoms with E-state index >= 15 is 0 Å². The molecule has 0 unspecified atom stereocenters. The van der Waals surface area contributed by atoms with E-state index in [9.17, 15) is 0 Å². The second kappa shape index (κ2) is 6.04. The van der Waals surface area contributed by atoms with Crippen LogP contribution in [-0.2, 0) is 0 Å². The molecule has 0 amide bonds. The SMILES string of the molecule is CCC[C@@H](N)c1nc(-c2ccc(Cl)cc2OC)no1. The van der Waals surface area contributed by atoms with Gasteiger partial charge in [-0.3, -0.25) is 0 Å². The van der Waals surface area contributed by atoms with Crippen LogP contribution in [0.1, 0.15) is 31.7 Å². The Bertz CT molecular complexity index is 557. The van der Waals surface area contributed by atoms with Gasteiger partial charge >= 0.3 is 0 Å². The van der Waals surface area contributed by atoms with Crippen molar-refractivity contribution in [3.8, 4) is 17.1 Å². The Labute approximate surface area is 116 Å². The normalized spacial score (nSPS) is 12.4. The van der Waals surface area contributed by atoms with Crippen molar-refractivity contribution in [1.29, 1.82) is 0 Å². The maximum Gasteiger partial charge on any atom is 0.243 e. The average Bonchev–Trinajstić information content (AvgIpc) is 2.88. The van der Waals surface area contributed by atoms with Crippen LogP contribution < -0.4 is 10.5 Å². The van der Waals surface area contributed by atoms with Gasteiger partial charge in [-0.05, 0) is 24.6 Å². The highest BCUT2D eigenvalue weighted by Gasteiger charge is 2.17. The van der Waals surface area contributed by atoms with E-state index in [1.807, 2.05) is 0 Å². The van der Waals surface area contributed by atoms with Gasteiger partial charge in [-0.1, -0.05) is 30.1 Å². The first-order chi connectivity index (χ1) is 9.15. The number of methoxy groups -OCH3 is 1. The minimum absolute atomic E-state index is 0.232. The van der Waals surface area contributed by atoms with Crippen LogP contribution in [0.3, 0.4) is 0 Å². The molecule has 0 saturated carbocycles. The third-order valence-corrected chi connectivity index (χ3v) is 3.00. The Kier molecular flexibility index (Phi) is 4.39. The van der Waals surface area contributed by atoms with Gasteiger partial charge in [0.25, 0.3) is 0 Å². The molecule has 0 radical (unpaired) electrons. The molecule has 2 N–H and O–H groups in total. The fraction of sp³-hybridized carbons (Fsp3) is 0.385. The summed E-state index contributed by atoms with van der Waals surface area (Å²) >= 11 is 5.92. The van der Waals surface area contributed by atoms with Gasteiger partial charge in [-0.2, -0.15) is 4.98 Å². The molecule has 1 atom stereocenters. The Balaban J connectivity index is 2.32. The molecule has 5 nitrogen and oxygen atoms in total. The van der Waals surface area contributed by atoms with Gasteiger partial charge in [0.2, 0.25) is 11.7 Å². The van der Waals surface area contributed by atoms with Gasteiger partial charge in [0, 0.05) is 5.02 Å². The molecule has 2 rings (SSSR count). The molecule has 2 aromatic rings. The Morgan fingerprint density at radius 2 is 2.26 bits per heavy atom. The standard InChI is InChI=1S/C13H16ClN3O2/c1-3-4-10(15)13-16-12(17-19-13)9-6-5-8(14)7-11(9)18-2/h5-7,10H,3-4,15H2,1-2H3/t10-/m1/s1. The van der Waals surface area contributed by atoms with Crippen molar-refractivity contribution >= 4 is 11.6 Å². The van der Waals surface area contributed by atoms with Crippen LogP contribution in [0.5, 0.6) is 5.75 Å². The number of nitrogens with zero attached hydrogens (tertiary/aromatic N) is 2. The summed E-state index contributed by atoms with van der Waals surface area (Å²) in [5.41, 5.74) is 6.67. The zero-order valence-electron chi connectivity index (χ0n) is 10.9. The molecule has 0 aliphatic rings. The molecule has 19 heavy (non-hydrogen) atoms. The third-order valence-electron chi connectivity index (χ3n) is 2.76. The average molecular weight is 282 g/mol. The van der Waals surface area contributed by atoms with Gasteiger partial charge in [0.1, 0.15) is 5.75 Å². The van der Waals surface area contributed by atoms with Crippen molar-refractivity contribution in [1.82, 2.24) is 10.1 Å². The van der Waals surface area contributed by atoms with Crippen LogP contribution >= 0.6 is 11.6 Å². The first kappa shape index (κ1) is 13.8. The number of ether oxygens (including phenoxy) is 1. The first-order valence-corrected chi connectivity index (χ1v) is 6.46. The van der Waals surface area contributed by atoms with Gasteiger partial charge in [-0.25, -0.2) is 0 Å². The van der Waals surface area contributed by atoms with Gasteiger partial charge in [0.15, 0.2) is 0 Å². The van der Waals surface area contributed by atoms with Crippen molar-refractivity contribution in [2.24, 2.45) is 5.73 Å². The zero-order valence-corrected chi connectivity index (χ0v) is 11.6. The number of rotatable bonds is 5. The van der Waals surface area contributed by atoms with E-state index < -0.39 is 0 Å².